The number of nitrogens with zero attached hydrogens (tertiary/aromatic N) is 2. The van der Waals surface area contributed by atoms with Crippen LogP contribution in [0.2, 0.25) is 0 Å². The van der Waals surface area contributed by atoms with Crippen molar-refractivity contribution in [2.24, 2.45) is 5.92 Å². The average Bonchev–Trinajstić information content (AvgIpc) is 3.30. The zero-order chi connectivity index (χ0) is 17.5. The van der Waals surface area contributed by atoms with E-state index < -0.39 is 0 Å². The van der Waals surface area contributed by atoms with Crippen LogP contribution in [0.15, 0.2) is 40.9 Å². The third-order valence-electron chi connectivity index (χ3n) is 4.26. The van der Waals surface area contributed by atoms with Gasteiger partial charge in [0.25, 0.3) is 5.91 Å². The van der Waals surface area contributed by atoms with Crippen LogP contribution >= 0.6 is 0 Å². The molecule has 0 bridgehead atoms. The number of hydrogen-bond acceptors (Lipinski definition) is 6. The molecule has 1 unspecified atom stereocenters. The normalized spacial score (nSPS) is 17.6. The summed E-state index contributed by atoms with van der Waals surface area (Å²) < 4.78 is 10.7. The first kappa shape index (κ1) is 17.4. The fourth-order valence-corrected chi connectivity index (χ4v) is 2.84. The molecule has 7 heteroatoms. The molecule has 1 amide bonds. The molecule has 0 aliphatic carbocycles. The number of likely N-dealkylation sites (tertiary alicyclic amines) is 1. The molecular formula is C18H23N3O4. The van der Waals surface area contributed by atoms with Gasteiger partial charge >= 0.3 is 0 Å². The third kappa shape index (κ3) is 5.04. The zero-order valence-corrected chi connectivity index (χ0v) is 14.1. The van der Waals surface area contributed by atoms with Crippen molar-refractivity contribution in [3.63, 3.8) is 0 Å². The van der Waals surface area contributed by atoms with Crippen LogP contribution in [-0.2, 0) is 6.61 Å². The maximum absolute atomic E-state index is 12.1. The highest BCUT2D eigenvalue weighted by Crippen LogP contribution is 2.14. The van der Waals surface area contributed by atoms with Gasteiger partial charge in [-0.3, -0.25) is 4.79 Å². The van der Waals surface area contributed by atoms with E-state index in [9.17, 15) is 4.79 Å². The second-order valence-corrected chi connectivity index (χ2v) is 6.17. The summed E-state index contributed by atoms with van der Waals surface area (Å²) in [6, 6.07) is 11.0. The van der Waals surface area contributed by atoms with Crippen molar-refractivity contribution in [2.75, 3.05) is 32.8 Å². The van der Waals surface area contributed by atoms with Gasteiger partial charge in [0.1, 0.15) is 12.4 Å². The van der Waals surface area contributed by atoms with Crippen LogP contribution in [0.3, 0.4) is 0 Å². The fraction of sp³-hybridized carbons (Fsp3) is 0.444. The van der Waals surface area contributed by atoms with Crippen molar-refractivity contribution in [1.82, 2.24) is 15.4 Å². The number of ether oxygens (including phenoxy) is 1. The number of hydrogen-bond donors (Lipinski definition) is 2. The topological polar surface area (TPSA) is 87.8 Å². The Morgan fingerprint density at radius 3 is 3.00 bits per heavy atom. The molecule has 1 aliphatic heterocycles. The second kappa shape index (κ2) is 8.64. The largest absolute Gasteiger partial charge is 0.486 e. The lowest BCUT2D eigenvalue weighted by molar-refractivity contribution is 0.0940. The Labute approximate surface area is 146 Å². The molecule has 25 heavy (non-hydrogen) atoms. The van der Waals surface area contributed by atoms with Crippen LogP contribution in [0.1, 0.15) is 22.7 Å². The van der Waals surface area contributed by atoms with Gasteiger partial charge in [-0.2, -0.15) is 0 Å². The van der Waals surface area contributed by atoms with E-state index in [0.717, 1.165) is 31.8 Å². The molecule has 1 aromatic carbocycles. The third-order valence-corrected chi connectivity index (χ3v) is 4.26. The number of rotatable bonds is 8. The maximum Gasteiger partial charge on any atom is 0.273 e. The minimum atomic E-state index is -0.257. The standard InChI is InChI=1S/C18H23N3O4/c22-12-14-6-8-21(11-14)9-7-19-18(23)17-10-16(25-20-17)13-24-15-4-2-1-3-5-15/h1-5,10,14,22H,6-9,11-13H2,(H,19,23). The Bertz CT molecular complexity index is 674. The highest BCUT2D eigenvalue weighted by Gasteiger charge is 2.21. The molecule has 2 aromatic rings. The fourth-order valence-electron chi connectivity index (χ4n) is 2.84. The number of benzene rings is 1. The molecule has 1 atom stereocenters. The van der Waals surface area contributed by atoms with E-state index in [-0.39, 0.29) is 24.8 Å². The summed E-state index contributed by atoms with van der Waals surface area (Å²) in [6.07, 6.45) is 1.01. The molecule has 3 rings (SSSR count). The molecule has 1 fully saturated rings. The van der Waals surface area contributed by atoms with Crippen molar-refractivity contribution in [3.8, 4) is 5.75 Å². The van der Waals surface area contributed by atoms with Crippen LogP contribution < -0.4 is 10.1 Å². The molecule has 0 spiro atoms. The molecule has 1 aliphatic rings. The highest BCUT2D eigenvalue weighted by molar-refractivity contribution is 5.92. The Morgan fingerprint density at radius 1 is 1.40 bits per heavy atom. The van der Waals surface area contributed by atoms with Crippen molar-refractivity contribution >= 4 is 5.91 Å². The molecule has 2 N–H and O–H groups in total. The number of aliphatic hydroxyl groups excluding tert-OH is 1. The van der Waals surface area contributed by atoms with Crippen molar-refractivity contribution in [1.29, 1.82) is 0 Å². The first-order valence-electron chi connectivity index (χ1n) is 8.49. The van der Waals surface area contributed by atoms with Gasteiger partial charge in [-0.05, 0) is 31.0 Å². The molecule has 1 aromatic heterocycles. The SMILES string of the molecule is O=C(NCCN1CCC(CO)C1)c1cc(COc2ccccc2)on1. The number of nitrogens with one attached hydrogen (secondary N) is 1. The Kier molecular flexibility index (Phi) is 6.03. The summed E-state index contributed by atoms with van der Waals surface area (Å²) in [4.78, 5) is 14.3. The number of aromatic nitrogens is 1. The molecule has 0 radical (unpaired) electrons. The van der Waals surface area contributed by atoms with Gasteiger partial charge in [0.05, 0.1) is 0 Å². The zero-order valence-electron chi connectivity index (χ0n) is 14.1. The van der Waals surface area contributed by atoms with Crippen LogP contribution in [0.25, 0.3) is 0 Å². The molecule has 134 valence electrons. The van der Waals surface area contributed by atoms with Crippen LogP contribution in [0.4, 0.5) is 0 Å². The maximum atomic E-state index is 12.1. The minimum absolute atomic E-state index is 0.223. The Balaban J connectivity index is 1.40. The smallest absolute Gasteiger partial charge is 0.273 e. The lowest BCUT2D eigenvalue weighted by Gasteiger charge is -2.15. The van der Waals surface area contributed by atoms with E-state index in [0.29, 0.717) is 18.2 Å². The van der Waals surface area contributed by atoms with Gasteiger partial charge in [0.2, 0.25) is 0 Å². The number of aliphatic hydroxyl groups is 1. The van der Waals surface area contributed by atoms with Crippen molar-refractivity contribution < 1.29 is 19.2 Å². The second-order valence-electron chi connectivity index (χ2n) is 6.17. The first-order valence-corrected chi connectivity index (χ1v) is 8.49. The van der Waals surface area contributed by atoms with Crippen LogP contribution in [0.5, 0.6) is 5.75 Å². The number of amides is 1. The lowest BCUT2D eigenvalue weighted by Crippen LogP contribution is -2.34. The highest BCUT2D eigenvalue weighted by atomic mass is 16.5. The molecule has 7 nitrogen and oxygen atoms in total. The van der Waals surface area contributed by atoms with E-state index in [1.807, 2.05) is 30.3 Å². The van der Waals surface area contributed by atoms with Crippen LogP contribution in [-0.4, -0.2) is 53.9 Å². The summed E-state index contributed by atoms with van der Waals surface area (Å²) in [6.45, 7) is 3.61. The van der Waals surface area contributed by atoms with Crippen molar-refractivity contribution in [3.05, 3.63) is 47.9 Å². The van der Waals surface area contributed by atoms with Gasteiger partial charge in [-0.25, -0.2) is 0 Å². The quantitative estimate of drug-likeness (QED) is 0.750. The van der Waals surface area contributed by atoms with E-state index in [2.05, 4.69) is 15.4 Å². The van der Waals surface area contributed by atoms with Gasteiger partial charge in [0, 0.05) is 32.3 Å². The average molecular weight is 345 g/mol. The van der Waals surface area contributed by atoms with Crippen molar-refractivity contribution in [2.45, 2.75) is 13.0 Å². The van der Waals surface area contributed by atoms with Gasteiger partial charge in [0.15, 0.2) is 11.5 Å². The van der Waals surface area contributed by atoms with E-state index in [1.54, 1.807) is 6.07 Å². The van der Waals surface area contributed by atoms with Crippen LogP contribution in [0, 0.1) is 5.92 Å². The summed E-state index contributed by atoms with van der Waals surface area (Å²) in [7, 11) is 0. The summed E-state index contributed by atoms with van der Waals surface area (Å²) in [5.74, 6) is 1.34. The summed E-state index contributed by atoms with van der Waals surface area (Å²) in [5.41, 5.74) is 0.251. The summed E-state index contributed by atoms with van der Waals surface area (Å²) >= 11 is 0. The van der Waals surface area contributed by atoms with Gasteiger partial charge in [-0.15, -0.1) is 0 Å². The Morgan fingerprint density at radius 2 is 2.24 bits per heavy atom. The number of carbonyl (C=O) groups excluding carboxylic acids is 1. The van der Waals surface area contributed by atoms with E-state index in [4.69, 9.17) is 14.4 Å². The molecule has 2 heterocycles. The monoisotopic (exact) mass is 345 g/mol. The van der Waals surface area contributed by atoms with E-state index >= 15 is 0 Å². The first-order chi connectivity index (χ1) is 12.2. The Hall–Kier alpha value is -2.38. The lowest BCUT2D eigenvalue weighted by atomic mass is 10.1. The molecule has 1 saturated heterocycles. The van der Waals surface area contributed by atoms with Gasteiger partial charge in [-0.1, -0.05) is 23.4 Å². The number of para-hydroxylation sites is 1. The van der Waals surface area contributed by atoms with E-state index in [1.165, 1.54) is 0 Å². The number of carbonyl (C=O) groups is 1. The minimum Gasteiger partial charge on any atom is -0.486 e. The predicted molar refractivity (Wildman–Crippen MR) is 91.2 cm³/mol. The van der Waals surface area contributed by atoms with Gasteiger partial charge < -0.3 is 24.6 Å². The molecule has 0 saturated carbocycles. The predicted octanol–water partition coefficient (Wildman–Crippen LogP) is 1.30. The summed E-state index contributed by atoms with van der Waals surface area (Å²) in [5, 5.41) is 15.8. The molecular weight excluding hydrogens is 322 g/mol.